The topological polar surface area (TPSA) is 49.8 Å². The molecular formula is C16H23NO3. The third kappa shape index (κ3) is 3.97. The number of amides is 1. The van der Waals surface area contributed by atoms with Gasteiger partial charge in [-0.25, -0.2) is 0 Å². The lowest BCUT2D eigenvalue weighted by molar-refractivity contribution is -0.131. The predicted molar refractivity (Wildman–Crippen MR) is 77.8 cm³/mol. The van der Waals surface area contributed by atoms with E-state index in [9.17, 15) is 9.90 Å². The lowest BCUT2D eigenvalue weighted by Gasteiger charge is -2.19. The Morgan fingerprint density at radius 1 is 1.35 bits per heavy atom. The van der Waals surface area contributed by atoms with Crippen LogP contribution in [0.5, 0.6) is 5.75 Å². The summed E-state index contributed by atoms with van der Waals surface area (Å²) in [6, 6.07) is 6.03. The number of carbonyl (C=O) groups excluding carboxylic acids is 1. The van der Waals surface area contributed by atoms with E-state index in [1.54, 1.807) is 11.8 Å². The minimum atomic E-state index is -0.732. The molecule has 0 aliphatic carbocycles. The maximum Gasteiger partial charge on any atom is 0.226 e. The Morgan fingerprint density at radius 2 is 2.00 bits per heavy atom. The highest BCUT2D eigenvalue weighted by Gasteiger charge is 2.33. The van der Waals surface area contributed by atoms with Crippen LogP contribution in [0.2, 0.25) is 0 Å². The molecular weight excluding hydrogens is 254 g/mol. The summed E-state index contributed by atoms with van der Waals surface area (Å²) >= 11 is 0. The summed E-state index contributed by atoms with van der Waals surface area (Å²) in [6.45, 7) is 7.26. The van der Waals surface area contributed by atoms with Gasteiger partial charge in [0.1, 0.15) is 5.75 Å². The maximum atomic E-state index is 12.0. The molecule has 1 N–H and O–H groups in total. The number of aliphatic hydroxyl groups is 1. The molecule has 1 unspecified atom stereocenters. The van der Waals surface area contributed by atoms with Crippen molar-refractivity contribution in [3.05, 3.63) is 29.3 Å². The Kier molecular flexibility index (Phi) is 4.33. The van der Waals surface area contributed by atoms with Crippen molar-refractivity contribution in [2.45, 2.75) is 39.2 Å². The highest BCUT2D eigenvalue weighted by molar-refractivity contribution is 5.76. The molecule has 1 saturated heterocycles. The first-order valence-electron chi connectivity index (χ1n) is 7.07. The fraction of sp³-hybridized carbons (Fsp3) is 0.562. The molecule has 1 heterocycles. The number of hydrogen-bond donors (Lipinski definition) is 1. The van der Waals surface area contributed by atoms with Crippen LogP contribution in [0.3, 0.4) is 0 Å². The lowest BCUT2D eigenvalue weighted by atomic mass is 10.1. The number of carbonyl (C=O) groups is 1. The van der Waals surface area contributed by atoms with Gasteiger partial charge in [-0.1, -0.05) is 6.07 Å². The average Bonchev–Trinajstić information content (AvgIpc) is 2.68. The van der Waals surface area contributed by atoms with E-state index < -0.39 is 5.60 Å². The predicted octanol–water partition coefficient (Wildman–Crippen LogP) is 2.06. The van der Waals surface area contributed by atoms with Gasteiger partial charge in [0.15, 0.2) is 0 Å². The molecule has 0 aromatic heterocycles. The van der Waals surface area contributed by atoms with Gasteiger partial charge in [0.25, 0.3) is 0 Å². The Balaban J connectivity index is 1.80. The number of ether oxygens (including phenoxy) is 1. The van der Waals surface area contributed by atoms with E-state index in [1.807, 2.05) is 26.0 Å². The minimum Gasteiger partial charge on any atom is -0.493 e. The Labute approximate surface area is 120 Å². The number of benzene rings is 1. The smallest absolute Gasteiger partial charge is 0.226 e. The fourth-order valence-electron chi connectivity index (χ4n) is 2.59. The van der Waals surface area contributed by atoms with E-state index in [0.29, 0.717) is 32.5 Å². The van der Waals surface area contributed by atoms with E-state index in [2.05, 4.69) is 6.07 Å². The number of rotatable bonds is 4. The molecule has 2 rings (SSSR count). The number of hydrogen-bond acceptors (Lipinski definition) is 3. The normalized spacial score (nSPS) is 22.1. The minimum absolute atomic E-state index is 0.0483. The lowest BCUT2D eigenvalue weighted by Crippen LogP contribution is -2.34. The standard InChI is InChI=1S/C16H23NO3/c1-12-8-13(2)10-14(9-12)20-7-4-15(18)17-6-5-16(3,19)11-17/h8-10,19H,4-7,11H2,1-3H3. The summed E-state index contributed by atoms with van der Waals surface area (Å²) < 4.78 is 5.64. The molecule has 1 aromatic carbocycles. The van der Waals surface area contributed by atoms with Crippen molar-refractivity contribution in [3.63, 3.8) is 0 Å². The molecule has 1 aliphatic rings. The second kappa shape index (κ2) is 5.83. The zero-order valence-corrected chi connectivity index (χ0v) is 12.5. The molecule has 1 atom stereocenters. The van der Waals surface area contributed by atoms with Gasteiger partial charge in [-0.2, -0.15) is 0 Å². The average molecular weight is 277 g/mol. The maximum absolute atomic E-state index is 12.0. The van der Waals surface area contributed by atoms with Crippen molar-refractivity contribution >= 4 is 5.91 Å². The highest BCUT2D eigenvalue weighted by atomic mass is 16.5. The SMILES string of the molecule is Cc1cc(C)cc(OCCC(=O)N2CCC(C)(O)C2)c1. The molecule has 0 radical (unpaired) electrons. The van der Waals surface area contributed by atoms with Gasteiger partial charge in [0.05, 0.1) is 18.6 Å². The molecule has 4 nitrogen and oxygen atoms in total. The largest absolute Gasteiger partial charge is 0.493 e. The van der Waals surface area contributed by atoms with Crippen LogP contribution >= 0.6 is 0 Å². The van der Waals surface area contributed by atoms with Crippen LogP contribution in [-0.4, -0.2) is 41.2 Å². The molecule has 1 amide bonds. The molecule has 110 valence electrons. The van der Waals surface area contributed by atoms with Crippen LogP contribution in [0.25, 0.3) is 0 Å². The monoisotopic (exact) mass is 277 g/mol. The van der Waals surface area contributed by atoms with Gasteiger partial charge in [0, 0.05) is 13.1 Å². The first kappa shape index (κ1) is 14.9. The van der Waals surface area contributed by atoms with Crippen molar-refractivity contribution in [1.82, 2.24) is 4.90 Å². The molecule has 4 heteroatoms. The van der Waals surface area contributed by atoms with E-state index in [-0.39, 0.29) is 5.91 Å². The zero-order valence-electron chi connectivity index (χ0n) is 12.5. The molecule has 20 heavy (non-hydrogen) atoms. The van der Waals surface area contributed by atoms with Crippen molar-refractivity contribution in [1.29, 1.82) is 0 Å². The quantitative estimate of drug-likeness (QED) is 0.916. The van der Waals surface area contributed by atoms with E-state index >= 15 is 0 Å². The Bertz CT molecular complexity index is 476. The number of nitrogens with zero attached hydrogens (tertiary/aromatic N) is 1. The summed E-state index contributed by atoms with van der Waals surface area (Å²) in [5, 5.41) is 9.85. The number of aryl methyl sites for hydroxylation is 2. The summed E-state index contributed by atoms with van der Waals surface area (Å²) in [4.78, 5) is 13.7. The summed E-state index contributed by atoms with van der Waals surface area (Å²) in [5.41, 5.74) is 1.58. The third-order valence-corrected chi connectivity index (χ3v) is 3.58. The molecule has 0 bridgehead atoms. The Morgan fingerprint density at radius 3 is 2.55 bits per heavy atom. The van der Waals surface area contributed by atoms with Crippen molar-refractivity contribution in [2.75, 3.05) is 19.7 Å². The molecule has 1 aliphatic heterocycles. The highest BCUT2D eigenvalue weighted by Crippen LogP contribution is 2.21. The van der Waals surface area contributed by atoms with Crippen molar-refractivity contribution in [2.24, 2.45) is 0 Å². The Hall–Kier alpha value is -1.55. The van der Waals surface area contributed by atoms with Crippen LogP contribution < -0.4 is 4.74 Å². The summed E-state index contributed by atoms with van der Waals surface area (Å²) in [6.07, 6.45) is 1.000. The number of β-amino-alcohol motifs (C(OH)–C–C–N with tert-alkyl or cyclic N) is 1. The van der Waals surface area contributed by atoms with Crippen LogP contribution in [0.1, 0.15) is 30.9 Å². The van der Waals surface area contributed by atoms with E-state index in [4.69, 9.17) is 4.74 Å². The van der Waals surface area contributed by atoms with Gasteiger partial charge in [0.2, 0.25) is 5.91 Å². The summed E-state index contributed by atoms with van der Waals surface area (Å²) in [7, 11) is 0. The van der Waals surface area contributed by atoms with E-state index in [1.165, 1.54) is 0 Å². The fourth-order valence-corrected chi connectivity index (χ4v) is 2.59. The molecule has 0 saturated carbocycles. The van der Waals surface area contributed by atoms with Crippen LogP contribution in [-0.2, 0) is 4.79 Å². The molecule has 0 spiro atoms. The second-order valence-corrected chi connectivity index (χ2v) is 5.98. The summed E-state index contributed by atoms with van der Waals surface area (Å²) in [5.74, 6) is 0.857. The van der Waals surface area contributed by atoms with Crippen LogP contribution in [0, 0.1) is 13.8 Å². The number of likely N-dealkylation sites (tertiary alicyclic amines) is 1. The van der Waals surface area contributed by atoms with Crippen LogP contribution in [0.15, 0.2) is 18.2 Å². The van der Waals surface area contributed by atoms with Crippen molar-refractivity contribution < 1.29 is 14.6 Å². The first-order valence-corrected chi connectivity index (χ1v) is 7.07. The second-order valence-electron chi connectivity index (χ2n) is 5.98. The van der Waals surface area contributed by atoms with Gasteiger partial charge >= 0.3 is 0 Å². The van der Waals surface area contributed by atoms with Gasteiger partial charge in [-0.15, -0.1) is 0 Å². The van der Waals surface area contributed by atoms with Crippen molar-refractivity contribution in [3.8, 4) is 5.75 Å². The van der Waals surface area contributed by atoms with E-state index in [0.717, 1.165) is 16.9 Å². The first-order chi connectivity index (χ1) is 9.35. The van der Waals surface area contributed by atoms with Crippen LogP contribution in [0.4, 0.5) is 0 Å². The molecule has 1 aromatic rings. The molecule has 1 fully saturated rings. The zero-order chi connectivity index (χ0) is 14.8. The van der Waals surface area contributed by atoms with Gasteiger partial charge in [-0.05, 0) is 50.5 Å². The third-order valence-electron chi connectivity index (χ3n) is 3.58. The van der Waals surface area contributed by atoms with Gasteiger partial charge in [-0.3, -0.25) is 4.79 Å². The van der Waals surface area contributed by atoms with Gasteiger partial charge < -0.3 is 14.7 Å².